The van der Waals surface area contributed by atoms with E-state index in [4.69, 9.17) is 0 Å². The van der Waals surface area contributed by atoms with E-state index in [9.17, 15) is 0 Å². The van der Waals surface area contributed by atoms with Gasteiger partial charge < -0.3 is 4.98 Å². The van der Waals surface area contributed by atoms with Crippen molar-refractivity contribution < 1.29 is 0 Å². The number of hydrogen-bond donors (Lipinski definition) is 2. The van der Waals surface area contributed by atoms with Crippen LogP contribution in [0.4, 0.5) is 0 Å². The van der Waals surface area contributed by atoms with E-state index in [1.807, 2.05) is 0 Å². The van der Waals surface area contributed by atoms with E-state index in [1.54, 1.807) is 12.4 Å². The number of rotatable bonds is 3. The summed E-state index contributed by atoms with van der Waals surface area (Å²) in [7, 11) is 0. The van der Waals surface area contributed by atoms with Gasteiger partial charge in [0.1, 0.15) is 5.52 Å². The number of hydrogen-bond acceptors (Lipinski definition) is 5. The lowest BCUT2D eigenvalue weighted by Crippen LogP contribution is -2.10. The minimum Gasteiger partial charge on any atom is -0.338 e. The lowest BCUT2D eigenvalue weighted by Gasteiger charge is -2.19. The monoisotopic (exact) mass is 347 g/mol. The zero-order valence-corrected chi connectivity index (χ0v) is 15.3. The third kappa shape index (κ3) is 2.75. The van der Waals surface area contributed by atoms with E-state index in [-0.39, 0.29) is 11.3 Å². The van der Waals surface area contributed by atoms with Gasteiger partial charge in [-0.15, -0.1) is 10.2 Å². The Hall–Kier alpha value is -3.09. The topological polar surface area (TPSA) is 96.0 Å². The maximum absolute atomic E-state index is 4.54. The molecule has 7 nitrogen and oxygen atoms in total. The van der Waals surface area contributed by atoms with Crippen LogP contribution in [0.15, 0.2) is 36.7 Å². The number of nitrogens with one attached hydrogen (secondary N) is 2. The van der Waals surface area contributed by atoms with Crippen molar-refractivity contribution in [3.8, 4) is 11.3 Å². The Morgan fingerprint density at radius 3 is 2.38 bits per heavy atom. The maximum Gasteiger partial charge on any atom is 0.181 e. The minimum atomic E-state index is -0.0727. The fourth-order valence-corrected chi connectivity index (χ4v) is 3.20. The molecule has 0 radical (unpaired) electrons. The van der Waals surface area contributed by atoms with E-state index >= 15 is 0 Å². The first-order valence-electron chi connectivity index (χ1n) is 8.62. The third-order valence-corrected chi connectivity index (χ3v) is 4.69. The first-order chi connectivity index (χ1) is 12.4. The molecule has 1 unspecified atom stereocenters. The van der Waals surface area contributed by atoms with Gasteiger partial charge in [0.2, 0.25) is 0 Å². The largest absolute Gasteiger partial charge is 0.338 e. The summed E-state index contributed by atoms with van der Waals surface area (Å²) >= 11 is 0. The van der Waals surface area contributed by atoms with Gasteiger partial charge in [-0.3, -0.25) is 4.98 Å². The summed E-state index contributed by atoms with van der Waals surface area (Å²) in [5.41, 5.74) is 6.10. The normalized spacial score (nSPS) is 13.2. The molecular weight excluding hydrogens is 326 g/mol. The van der Waals surface area contributed by atoms with Gasteiger partial charge in [0.25, 0.3) is 0 Å². The summed E-state index contributed by atoms with van der Waals surface area (Å²) < 4.78 is 0. The summed E-state index contributed by atoms with van der Waals surface area (Å²) in [6.45, 7) is 8.68. The third-order valence-electron chi connectivity index (χ3n) is 4.69. The molecule has 0 aliphatic carbocycles. The second-order valence-corrected chi connectivity index (χ2v) is 7.49. The predicted molar refractivity (Wildman–Crippen MR) is 99.7 cm³/mol. The fraction of sp³-hybridized carbons (Fsp3) is 0.316. The lowest BCUT2D eigenvalue weighted by molar-refractivity contribution is 0.590. The Morgan fingerprint density at radius 1 is 1.00 bits per heavy atom. The first-order valence-corrected chi connectivity index (χ1v) is 8.62. The summed E-state index contributed by atoms with van der Waals surface area (Å²) in [5.74, 6) is 0.556. The van der Waals surface area contributed by atoms with Crippen molar-refractivity contribution in [3.63, 3.8) is 0 Å². The number of aromatic nitrogens is 7. The second kappa shape index (κ2) is 6.01. The van der Waals surface area contributed by atoms with Crippen molar-refractivity contribution in [1.82, 2.24) is 35.6 Å². The van der Waals surface area contributed by atoms with Crippen LogP contribution < -0.4 is 0 Å². The van der Waals surface area contributed by atoms with Crippen LogP contribution in [0.3, 0.4) is 0 Å². The number of benzene rings is 1. The smallest absolute Gasteiger partial charge is 0.181 e. The molecule has 4 rings (SSSR count). The van der Waals surface area contributed by atoms with E-state index in [0.29, 0.717) is 5.82 Å². The van der Waals surface area contributed by atoms with Crippen LogP contribution >= 0.6 is 0 Å². The average Bonchev–Trinajstić information content (AvgIpc) is 3.28. The Labute approximate surface area is 151 Å². The van der Waals surface area contributed by atoms with Gasteiger partial charge in [-0.25, -0.2) is 4.98 Å². The zero-order valence-electron chi connectivity index (χ0n) is 15.3. The molecule has 1 aromatic carbocycles. The molecule has 132 valence electrons. The molecule has 3 heterocycles. The van der Waals surface area contributed by atoms with Crippen LogP contribution in [-0.4, -0.2) is 35.6 Å². The van der Waals surface area contributed by atoms with E-state index in [2.05, 4.69) is 87.5 Å². The van der Waals surface area contributed by atoms with Crippen LogP contribution in [0.1, 0.15) is 50.6 Å². The highest BCUT2D eigenvalue weighted by Crippen LogP contribution is 2.36. The quantitative estimate of drug-likeness (QED) is 0.590. The number of fused-ring (bicyclic) bond motifs is 1. The molecule has 2 N–H and O–H groups in total. The van der Waals surface area contributed by atoms with E-state index in [0.717, 1.165) is 28.0 Å². The highest BCUT2D eigenvalue weighted by Gasteiger charge is 2.24. The molecule has 0 fully saturated rings. The van der Waals surface area contributed by atoms with Crippen LogP contribution in [-0.2, 0) is 5.41 Å². The highest BCUT2D eigenvalue weighted by molar-refractivity contribution is 5.86. The molecule has 0 spiro atoms. The molecule has 26 heavy (non-hydrogen) atoms. The summed E-state index contributed by atoms with van der Waals surface area (Å²) in [4.78, 5) is 12.4. The van der Waals surface area contributed by atoms with Gasteiger partial charge >= 0.3 is 0 Å². The Bertz CT molecular complexity index is 1020. The Balaban J connectivity index is 1.88. The molecule has 7 heteroatoms. The summed E-state index contributed by atoms with van der Waals surface area (Å²) in [6, 6.07) is 8.62. The summed E-state index contributed by atoms with van der Waals surface area (Å²) in [6.07, 6.45) is 3.39. The van der Waals surface area contributed by atoms with Crippen LogP contribution in [0.5, 0.6) is 0 Å². The van der Waals surface area contributed by atoms with Crippen molar-refractivity contribution in [2.75, 3.05) is 0 Å². The molecule has 0 amide bonds. The standard InChI is InChI=1S/C19H21N7/c1-11(17-23-25-26-24-17)14-15(22-18-16(14)20-9-10-21-18)12-5-7-13(8-6-12)19(2,3)4/h5-11H,1-4H3,(H,21,22)(H,23,24,25,26). The van der Waals surface area contributed by atoms with E-state index < -0.39 is 0 Å². The van der Waals surface area contributed by atoms with Crippen molar-refractivity contribution >= 4 is 11.2 Å². The predicted octanol–water partition coefficient (Wildman–Crippen LogP) is 3.59. The van der Waals surface area contributed by atoms with Crippen molar-refractivity contribution in [1.29, 1.82) is 0 Å². The number of H-pyrrole nitrogens is 2. The van der Waals surface area contributed by atoms with Crippen molar-refractivity contribution in [2.24, 2.45) is 0 Å². The van der Waals surface area contributed by atoms with Gasteiger partial charge in [0.05, 0.1) is 5.69 Å². The van der Waals surface area contributed by atoms with Gasteiger partial charge in [-0.05, 0) is 16.5 Å². The maximum atomic E-state index is 4.54. The van der Waals surface area contributed by atoms with Crippen LogP contribution in [0.25, 0.3) is 22.4 Å². The number of nitrogens with zero attached hydrogens (tertiary/aromatic N) is 5. The number of tetrazole rings is 1. The van der Waals surface area contributed by atoms with E-state index in [1.165, 1.54) is 5.56 Å². The Morgan fingerprint density at radius 2 is 1.73 bits per heavy atom. The second-order valence-electron chi connectivity index (χ2n) is 7.49. The minimum absolute atomic E-state index is 0.0727. The van der Waals surface area contributed by atoms with Gasteiger partial charge in [0, 0.05) is 23.9 Å². The van der Waals surface area contributed by atoms with Crippen molar-refractivity contribution in [2.45, 2.75) is 39.0 Å². The Kier molecular flexibility index (Phi) is 3.79. The molecule has 0 aliphatic heterocycles. The van der Waals surface area contributed by atoms with Crippen LogP contribution in [0.2, 0.25) is 0 Å². The molecule has 3 aromatic heterocycles. The van der Waals surface area contributed by atoms with Gasteiger partial charge in [-0.1, -0.05) is 57.2 Å². The molecule has 0 aliphatic rings. The highest BCUT2D eigenvalue weighted by atomic mass is 15.5. The van der Waals surface area contributed by atoms with Gasteiger partial charge in [0.15, 0.2) is 11.5 Å². The molecule has 0 saturated carbocycles. The molecular formula is C19H21N7. The SMILES string of the molecule is CC(c1nn[nH]n1)c1c(-c2ccc(C(C)(C)C)cc2)[nH]c2nccnc12. The van der Waals surface area contributed by atoms with Crippen LogP contribution in [0, 0.1) is 0 Å². The molecule has 4 aromatic rings. The number of aromatic amines is 2. The lowest BCUT2D eigenvalue weighted by atomic mass is 9.86. The average molecular weight is 347 g/mol. The molecule has 0 saturated heterocycles. The summed E-state index contributed by atoms with van der Waals surface area (Å²) in [5, 5.41) is 14.5. The molecule has 0 bridgehead atoms. The fourth-order valence-electron chi connectivity index (χ4n) is 3.20. The molecule has 1 atom stereocenters. The van der Waals surface area contributed by atoms with Gasteiger partial charge in [-0.2, -0.15) is 5.21 Å². The first kappa shape index (κ1) is 16.4. The van der Waals surface area contributed by atoms with Crippen molar-refractivity contribution in [3.05, 3.63) is 53.6 Å². The zero-order chi connectivity index (χ0) is 18.3.